The third-order valence-corrected chi connectivity index (χ3v) is 3.17. The Kier molecular flexibility index (Phi) is 2.91. The van der Waals surface area contributed by atoms with Crippen LogP contribution in [0.5, 0.6) is 5.75 Å². The summed E-state index contributed by atoms with van der Waals surface area (Å²) in [4.78, 5) is 15.3. The second-order valence-corrected chi connectivity index (χ2v) is 4.49. The Morgan fingerprint density at radius 3 is 3.11 bits per heavy atom. The molecule has 0 spiro atoms. The highest BCUT2D eigenvalue weighted by atomic mass is 16.5. The molecule has 2 aromatic rings. The van der Waals surface area contributed by atoms with Gasteiger partial charge in [0.25, 0.3) is 0 Å². The Hall–Kier alpha value is -2.36. The minimum absolute atomic E-state index is 0.577. The molecule has 0 unspecified atom stereocenters. The number of fused-ring (bicyclic) bond motifs is 1. The maximum Gasteiger partial charge on any atom is 0.152 e. The molecule has 1 aromatic heterocycles. The molecule has 0 saturated carbocycles. The number of aldehydes is 1. The lowest BCUT2D eigenvalue weighted by Gasteiger charge is -2.22. The zero-order chi connectivity index (χ0) is 13.2. The van der Waals surface area contributed by atoms with Gasteiger partial charge in [-0.2, -0.15) is 0 Å². The molecule has 1 aromatic carbocycles. The van der Waals surface area contributed by atoms with Crippen molar-refractivity contribution >= 4 is 12.0 Å². The van der Waals surface area contributed by atoms with Gasteiger partial charge in [-0.1, -0.05) is 12.1 Å². The number of hydrogen-bond donors (Lipinski definition) is 1. The van der Waals surface area contributed by atoms with Crippen molar-refractivity contribution in [2.24, 2.45) is 0 Å². The molecule has 19 heavy (non-hydrogen) atoms. The van der Waals surface area contributed by atoms with E-state index in [4.69, 9.17) is 4.74 Å². The van der Waals surface area contributed by atoms with Gasteiger partial charge in [0.15, 0.2) is 6.29 Å². The first-order chi connectivity index (χ1) is 9.29. The molecule has 0 atom stereocenters. The molecule has 0 saturated heterocycles. The van der Waals surface area contributed by atoms with Crippen LogP contribution in [-0.2, 0) is 0 Å². The van der Waals surface area contributed by atoms with Crippen molar-refractivity contribution in [3.8, 4) is 16.9 Å². The molecule has 4 nitrogen and oxygen atoms in total. The summed E-state index contributed by atoms with van der Waals surface area (Å²) in [6.07, 6.45) is 2.44. The largest absolute Gasteiger partial charge is 0.489 e. The fourth-order valence-electron chi connectivity index (χ4n) is 2.28. The number of carbonyl (C=O) groups excluding carboxylic acids is 1. The van der Waals surface area contributed by atoms with Crippen molar-refractivity contribution in [2.75, 3.05) is 18.5 Å². The number of anilines is 1. The van der Waals surface area contributed by atoms with Crippen LogP contribution in [0.4, 0.5) is 5.69 Å². The quantitative estimate of drug-likeness (QED) is 0.837. The molecule has 0 radical (unpaired) electrons. The van der Waals surface area contributed by atoms with Gasteiger partial charge in [0.1, 0.15) is 12.4 Å². The average molecular weight is 254 g/mol. The van der Waals surface area contributed by atoms with Crippen LogP contribution in [0.15, 0.2) is 30.5 Å². The van der Waals surface area contributed by atoms with Crippen LogP contribution in [0, 0.1) is 6.92 Å². The van der Waals surface area contributed by atoms with Gasteiger partial charge < -0.3 is 10.1 Å². The summed E-state index contributed by atoms with van der Waals surface area (Å²) in [7, 11) is 0. The van der Waals surface area contributed by atoms with Crippen LogP contribution in [0.1, 0.15) is 16.1 Å². The van der Waals surface area contributed by atoms with Gasteiger partial charge in [-0.05, 0) is 24.6 Å². The van der Waals surface area contributed by atoms with Gasteiger partial charge in [0, 0.05) is 29.6 Å². The SMILES string of the molecule is Cc1cc(-c2cccc3c2OCCN3)c(C=O)cn1. The Morgan fingerprint density at radius 1 is 1.37 bits per heavy atom. The molecular weight excluding hydrogens is 240 g/mol. The first kappa shape index (κ1) is 11.7. The van der Waals surface area contributed by atoms with E-state index >= 15 is 0 Å². The third-order valence-electron chi connectivity index (χ3n) is 3.17. The summed E-state index contributed by atoms with van der Waals surface area (Å²) in [5, 5.41) is 3.30. The summed E-state index contributed by atoms with van der Waals surface area (Å²) in [5.74, 6) is 0.808. The summed E-state index contributed by atoms with van der Waals surface area (Å²) in [6, 6.07) is 7.82. The highest BCUT2D eigenvalue weighted by Crippen LogP contribution is 2.39. The van der Waals surface area contributed by atoms with Crippen molar-refractivity contribution in [3.63, 3.8) is 0 Å². The van der Waals surface area contributed by atoms with Crippen molar-refractivity contribution in [1.29, 1.82) is 0 Å². The molecular formula is C15H14N2O2. The van der Waals surface area contributed by atoms with Gasteiger partial charge in [-0.15, -0.1) is 0 Å². The molecule has 0 bridgehead atoms. The zero-order valence-corrected chi connectivity index (χ0v) is 10.6. The van der Waals surface area contributed by atoms with E-state index in [1.807, 2.05) is 31.2 Å². The molecule has 1 N–H and O–H groups in total. The van der Waals surface area contributed by atoms with Crippen LogP contribution in [0.3, 0.4) is 0 Å². The molecule has 3 rings (SSSR count). The predicted octanol–water partition coefficient (Wildman–Crippen LogP) is 2.67. The number of nitrogens with one attached hydrogen (secondary N) is 1. The third kappa shape index (κ3) is 2.05. The molecule has 0 amide bonds. The maximum absolute atomic E-state index is 11.2. The number of para-hydroxylation sites is 1. The number of rotatable bonds is 2. The fraction of sp³-hybridized carbons (Fsp3) is 0.200. The lowest BCUT2D eigenvalue weighted by molar-refractivity contribution is 0.112. The van der Waals surface area contributed by atoms with E-state index in [0.29, 0.717) is 12.2 Å². The maximum atomic E-state index is 11.2. The van der Waals surface area contributed by atoms with Crippen molar-refractivity contribution in [1.82, 2.24) is 4.98 Å². The summed E-state index contributed by atoms with van der Waals surface area (Å²) in [5.41, 5.74) is 4.21. The van der Waals surface area contributed by atoms with Crippen LogP contribution in [0.25, 0.3) is 11.1 Å². The number of ether oxygens (including phenoxy) is 1. The monoisotopic (exact) mass is 254 g/mol. The number of hydrogen-bond acceptors (Lipinski definition) is 4. The normalized spacial score (nSPS) is 13.1. The summed E-state index contributed by atoms with van der Waals surface area (Å²) in [6.45, 7) is 3.34. The van der Waals surface area contributed by atoms with Crippen molar-refractivity contribution in [2.45, 2.75) is 6.92 Å². The van der Waals surface area contributed by atoms with E-state index in [1.54, 1.807) is 6.20 Å². The standard InChI is InChI=1S/C15H14N2O2/c1-10-7-13(11(9-18)8-17-10)12-3-2-4-14-15(12)19-6-5-16-14/h2-4,7-9,16H,5-6H2,1H3. The molecule has 96 valence electrons. The first-order valence-corrected chi connectivity index (χ1v) is 6.21. The van der Waals surface area contributed by atoms with E-state index in [-0.39, 0.29) is 0 Å². The van der Waals surface area contributed by atoms with E-state index in [1.165, 1.54) is 0 Å². The lowest BCUT2D eigenvalue weighted by Crippen LogP contribution is -2.18. The van der Waals surface area contributed by atoms with Gasteiger partial charge in [-0.25, -0.2) is 0 Å². The molecule has 0 fully saturated rings. The van der Waals surface area contributed by atoms with E-state index in [2.05, 4.69) is 10.3 Å². The van der Waals surface area contributed by atoms with E-state index in [0.717, 1.165) is 41.1 Å². The summed E-state index contributed by atoms with van der Waals surface area (Å²) < 4.78 is 5.75. The Balaban J connectivity index is 2.22. The second kappa shape index (κ2) is 4.72. The van der Waals surface area contributed by atoms with Crippen LogP contribution in [0.2, 0.25) is 0 Å². The topological polar surface area (TPSA) is 51.2 Å². The van der Waals surface area contributed by atoms with Gasteiger partial charge in [0.2, 0.25) is 0 Å². The van der Waals surface area contributed by atoms with Gasteiger partial charge >= 0.3 is 0 Å². The van der Waals surface area contributed by atoms with Crippen molar-refractivity contribution < 1.29 is 9.53 Å². The first-order valence-electron chi connectivity index (χ1n) is 6.21. The summed E-state index contributed by atoms with van der Waals surface area (Å²) >= 11 is 0. The molecule has 1 aliphatic rings. The Labute approximate surface area is 111 Å². The van der Waals surface area contributed by atoms with Gasteiger partial charge in [-0.3, -0.25) is 9.78 Å². The number of aryl methyl sites for hydroxylation is 1. The molecule has 0 aliphatic carbocycles. The molecule has 1 aliphatic heterocycles. The van der Waals surface area contributed by atoms with Crippen LogP contribution in [-0.4, -0.2) is 24.4 Å². The van der Waals surface area contributed by atoms with Crippen LogP contribution >= 0.6 is 0 Å². The van der Waals surface area contributed by atoms with E-state index < -0.39 is 0 Å². The second-order valence-electron chi connectivity index (χ2n) is 4.49. The van der Waals surface area contributed by atoms with Crippen LogP contribution < -0.4 is 10.1 Å². The van der Waals surface area contributed by atoms with Crippen molar-refractivity contribution in [3.05, 3.63) is 41.7 Å². The van der Waals surface area contributed by atoms with E-state index in [9.17, 15) is 4.79 Å². The number of nitrogens with zero attached hydrogens (tertiary/aromatic N) is 1. The fourth-order valence-corrected chi connectivity index (χ4v) is 2.28. The molecule has 2 heterocycles. The van der Waals surface area contributed by atoms with Gasteiger partial charge in [0.05, 0.1) is 5.69 Å². The predicted molar refractivity (Wildman–Crippen MR) is 73.8 cm³/mol. The average Bonchev–Trinajstić information content (AvgIpc) is 2.46. The molecule has 4 heteroatoms. The Bertz CT molecular complexity index is 638. The number of benzene rings is 1. The number of aromatic nitrogens is 1. The zero-order valence-electron chi connectivity index (χ0n) is 10.6. The lowest BCUT2D eigenvalue weighted by atomic mass is 9.99. The highest BCUT2D eigenvalue weighted by molar-refractivity contribution is 5.91. The minimum atomic E-state index is 0.577. The number of carbonyl (C=O) groups is 1. The Morgan fingerprint density at radius 2 is 2.26 bits per heavy atom. The number of pyridine rings is 1. The smallest absolute Gasteiger partial charge is 0.152 e. The highest BCUT2D eigenvalue weighted by Gasteiger charge is 2.17. The minimum Gasteiger partial charge on any atom is -0.489 e.